The minimum Gasteiger partial charge on any atom is -0.368 e. The van der Waals surface area contributed by atoms with Gasteiger partial charge in [-0.25, -0.2) is 0 Å². The molecular weight excluding hydrogens is 242 g/mol. The molecule has 0 bridgehead atoms. The first-order valence-electron chi connectivity index (χ1n) is 6.85. The van der Waals surface area contributed by atoms with Crippen LogP contribution in [0.3, 0.4) is 0 Å². The smallest absolute Gasteiger partial charge is 0.240 e. The number of carbonyl (C=O) groups is 1. The highest BCUT2D eigenvalue weighted by Gasteiger charge is 2.33. The van der Waals surface area contributed by atoms with Crippen LogP contribution in [-0.2, 0) is 18.4 Å². The summed E-state index contributed by atoms with van der Waals surface area (Å²) in [5, 5.41) is 7.82. The van der Waals surface area contributed by atoms with Gasteiger partial charge in [-0.15, -0.1) is 0 Å². The summed E-state index contributed by atoms with van der Waals surface area (Å²) in [6.07, 6.45) is 1.83. The second-order valence-corrected chi connectivity index (χ2v) is 5.05. The number of amides is 1. The third-order valence-corrected chi connectivity index (χ3v) is 3.72. The Kier molecular flexibility index (Phi) is 4.09. The summed E-state index contributed by atoms with van der Waals surface area (Å²) in [5.41, 5.74) is 7.68. The van der Waals surface area contributed by atoms with Gasteiger partial charge in [0.2, 0.25) is 5.91 Å². The standard InChI is InChI=1S/C13H23N5O/c1-4-15-8-10-9(2)16-17(3)13(10)18-7-5-6-11(18)12(14)19/h11,15H,4-8H2,1-3H3,(H2,14,19). The molecule has 0 aliphatic carbocycles. The van der Waals surface area contributed by atoms with Crippen LogP contribution in [0, 0.1) is 6.92 Å². The molecule has 6 nitrogen and oxygen atoms in total. The second-order valence-electron chi connectivity index (χ2n) is 5.05. The van der Waals surface area contributed by atoms with E-state index in [-0.39, 0.29) is 11.9 Å². The molecule has 3 N–H and O–H groups in total. The van der Waals surface area contributed by atoms with E-state index < -0.39 is 0 Å². The summed E-state index contributed by atoms with van der Waals surface area (Å²) in [6.45, 7) is 6.63. The van der Waals surface area contributed by atoms with Crippen molar-refractivity contribution < 1.29 is 4.79 Å². The van der Waals surface area contributed by atoms with Crippen molar-refractivity contribution >= 4 is 11.7 Å². The number of primary amides is 1. The molecule has 19 heavy (non-hydrogen) atoms. The number of hydrogen-bond acceptors (Lipinski definition) is 4. The molecule has 1 atom stereocenters. The predicted molar refractivity (Wildman–Crippen MR) is 74.9 cm³/mol. The van der Waals surface area contributed by atoms with Crippen molar-refractivity contribution in [1.29, 1.82) is 0 Å². The highest BCUT2D eigenvalue weighted by atomic mass is 16.1. The van der Waals surface area contributed by atoms with Gasteiger partial charge in [-0.05, 0) is 26.3 Å². The lowest BCUT2D eigenvalue weighted by Crippen LogP contribution is -2.41. The topological polar surface area (TPSA) is 76.2 Å². The molecule has 1 fully saturated rings. The summed E-state index contributed by atoms with van der Waals surface area (Å²) >= 11 is 0. The SMILES string of the molecule is CCNCc1c(C)nn(C)c1N1CCCC1C(N)=O. The lowest BCUT2D eigenvalue weighted by atomic mass is 10.2. The minimum absolute atomic E-state index is 0.199. The van der Waals surface area contributed by atoms with E-state index in [9.17, 15) is 4.79 Å². The monoisotopic (exact) mass is 265 g/mol. The van der Waals surface area contributed by atoms with Crippen molar-refractivity contribution in [2.75, 3.05) is 18.0 Å². The lowest BCUT2D eigenvalue weighted by Gasteiger charge is -2.25. The van der Waals surface area contributed by atoms with Crippen LogP contribution >= 0.6 is 0 Å². The summed E-state index contributed by atoms with van der Waals surface area (Å²) in [6, 6.07) is -0.199. The molecule has 1 aliphatic rings. The predicted octanol–water partition coefficient (Wildman–Crippen LogP) is 0.292. The van der Waals surface area contributed by atoms with E-state index in [1.54, 1.807) is 0 Å². The Labute approximate surface area is 113 Å². The van der Waals surface area contributed by atoms with Gasteiger partial charge in [0.25, 0.3) is 0 Å². The van der Waals surface area contributed by atoms with E-state index in [0.717, 1.165) is 49.6 Å². The summed E-state index contributed by atoms with van der Waals surface area (Å²) in [7, 11) is 1.92. The molecule has 0 aromatic carbocycles. The van der Waals surface area contributed by atoms with E-state index in [0.29, 0.717) is 0 Å². The van der Waals surface area contributed by atoms with E-state index in [1.807, 2.05) is 18.7 Å². The number of aromatic nitrogens is 2. The zero-order chi connectivity index (χ0) is 14.0. The molecule has 0 saturated carbocycles. The normalized spacial score (nSPS) is 19.1. The van der Waals surface area contributed by atoms with Gasteiger partial charge in [-0.2, -0.15) is 5.10 Å². The second kappa shape index (κ2) is 5.61. The Bertz CT molecular complexity index is 468. The Morgan fingerprint density at radius 1 is 1.58 bits per heavy atom. The third kappa shape index (κ3) is 2.58. The van der Waals surface area contributed by atoms with Crippen molar-refractivity contribution in [3.8, 4) is 0 Å². The Balaban J connectivity index is 2.34. The van der Waals surface area contributed by atoms with Crippen LogP contribution in [0.1, 0.15) is 31.0 Å². The summed E-state index contributed by atoms with van der Waals surface area (Å²) in [4.78, 5) is 13.7. The molecule has 0 spiro atoms. The molecule has 1 saturated heterocycles. The van der Waals surface area contributed by atoms with Crippen molar-refractivity contribution in [1.82, 2.24) is 15.1 Å². The Morgan fingerprint density at radius 3 is 2.95 bits per heavy atom. The van der Waals surface area contributed by atoms with Crippen molar-refractivity contribution in [3.05, 3.63) is 11.3 Å². The Hall–Kier alpha value is -1.56. The zero-order valence-electron chi connectivity index (χ0n) is 11.9. The quantitative estimate of drug-likeness (QED) is 0.802. The van der Waals surface area contributed by atoms with Crippen LogP contribution < -0.4 is 16.0 Å². The number of nitrogens with zero attached hydrogens (tertiary/aromatic N) is 3. The van der Waals surface area contributed by atoms with Crippen molar-refractivity contribution in [2.45, 2.75) is 39.3 Å². The molecule has 6 heteroatoms. The highest BCUT2D eigenvalue weighted by Crippen LogP contribution is 2.30. The zero-order valence-corrected chi connectivity index (χ0v) is 11.9. The van der Waals surface area contributed by atoms with Crippen LogP contribution in [0.2, 0.25) is 0 Å². The molecule has 1 aromatic rings. The number of nitrogens with two attached hydrogens (primary N) is 1. The fourth-order valence-corrected chi connectivity index (χ4v) is 2.82. The number of hydrogen-bond donors (Lipinski definition) is 2. The van der Waals surface area contributed by atoms with E-state index in [1.165, 1.54) is 0 Å². The minimum atomic E-state index is -0.245. The first-order chi connectivity index (χ1) is 9.06. The van der Waals surface area contributed by atoms with Crippen molar-refractivity contribution in [3.63, 3.8) is 0 Å². The first kappa shape index (κ1) is 13.9. The van der Waals surface area contributed by atoms with Gasteiger partial charge < -0.3 is 16.0 Å². The van der Waals surface area contributed by atoms with E-state index in [4.69, 9.17) is 5.73 Å². The Morgan fingerprint density at radius 2 is 2.32 bits per heavy atom. The van der Waals surface area contributed by atoms with Gasteiger partial charge in [0.05, 0.1) is 5.69 Å². The molecule has 1 amide bonds. The molecule has 0 radical (unpaired) electrons. The molecule has 106 valence electrons. The number of carbonyl (C=O) groups excluding carboxylic acids is 1. The van der Waals surface area contributed by atoms with Crippen LogP contribution in [0.15, 0.2) is 0 Å². The van der Waals surface area contributed by atoms with Gasteiger partial charge in [0.15, 0.2) is 0 Å². The molecule has 2 rings (SSSR count). The van der Waals surface area contributed by atoms with Gasteiger partial charge in [-0.3, -0.25) is 9.48 Å². The van der Waals surface area contributed by atoms with E-state index >= 15 is 0 Å². The average molecular weight is 265 g/mol. The van der Waals surface area contributed by atoms with Crippen LogP contribution in [0.5, 0.6) is 0 Å². The number of aryl methyl sites for hydroxylation is 2. The molecule has 1 aromatic heterocycles. The summed E-state index contributed by atoms with van der Waals surface area (Å²) < 4.78 is 1.86. The van der Waals surface area contributed by atoms with Crippen LogP contribution in [0.25, 0.3) is 0 Å². The highest BCUT2D eigenvalue weighted by molar-refractivity contribution is 5.84. The fraction of sp³-hybridized carbons (Fsp3) is 0.692. The maximum absolute atomic E-state index is 11.6. The summed E-state index contributed by atoms with van der Waals surface area (Å²) in [5.74, 6) is 0.783. The van der Waals surface area contributed by atoms with Crippen LogP contribution in [-0.4, -0.2) is 34.8 Å². The average Bonchev–Trinajstić information content (AvgIpc) is 2.91. The largest absolute Gasteiger partial charge is 0.368 e. The van der Waals surface area contributed by atoms with Gasteiger partial charge in [0, 0.05) is 25.7 Å². The van der Waals surface area contributed by atoms with Crippen molar-refractivity contribution in [2.24, 2.45) is 12.8 Å². The van der Waals surface area contributed by atoms with Gasteiger partial charge >= 0.3 is 0 Å². The van der Waals surface area contributed by atoms with Gasteiger partial charge in [0.1, 0.15) is 11.9 Å². The first-order valence-corrected chi connectivity index (χ1v) is 6.85. The third-order valence-electron chi connectivity index (χ3n) is 3.72. The molecular formula is C13H23N5O. The maximum Gasteiger partial charge on any atom is 0.240 e. The van der Waals surface area contributed by atoms with Gasteiger partial charge in [-0.1, -0.05) is 6.92 Å². The van der Waals surface area contributed by atoms with E-state index in [2.05, 4.69) is 22.2 Å². The number of nitrogens with one attached hydrogen (secondary N) is 1. The number of rotatable bonds is 5. The lowest BCUT2D eigenvalue weighted by molar-refractivity contribution is -0.119. The molecule has 2 heterocycles. The number of anilines is 1. The fourth-order valence-electron chi connectivity index (χ4n) is 2.82. The maximum atomic E-state index is 11.6. The van der Waals surface area contributed by atoms with Crippen LogP contribution in [0.4, 0.5) is 5.82 Å². The molecule has 1 unspecified atom stereocenters. The molecule has 1 aliphatic heterocycles.